The van der Waals surface area contributed by atoms with Crippen molar-refractivity contribution in [1.29, 1.82) is 0 Å². The van der Waals surface area contributed by atoms with Gasteiger partial charge >= 0.3 is 12.1 Å². The Bertz CT molecular complexity index is 430. The monoisotopic (exact) mass is 239 g/mol. The van der Waals surface area contributed by atoms with Crippen LogP contribution < -0.4 is 10.1 Å². The maximum Gasteiger partial charge on any atom is 0.411 e. The summed E-state index contributed by atoms with van der Waals surface area (Å²) in [6, 6.07) is 4.27. The fraction of sp³-hybridized carbons (Fsp3) is 0.273. The standard InChI is InChI=1S/C11H13NO5/c1-3-17-11(15)12-9-6-7(16-2)4-5-8(9)10(13)14/h4-6H,3H2,1-2H3,(H,12,15)(H,13,14). The minimum Gasteiger partial charge on any atom is -0.497 e. The number of hydrogen-bond acceptors (Lipinski definition) is 4. The number of rotatable bonds is 4. The van der Waals surface area contributed by atoms with E-state index in [1.54, 1.807) is 6.92 Å². The Morgan fingerprint density at radius 2 is 2.12 bits per heavy atom. The lowest BCUT2D eigenvalue weighted by atomic mass is 10.1. The van der Waals surface area contributed by atoms with Crippen molar-refractivity contribution >= 4 is 17.7 Å². The summed E-state index contributed by atoms with van der Waals surface area (Å²) in [6.45, 7) is 1.86. The topological polar surface area (TPSA) is 84.9 Å². The summed E-state index contributed by atoms with van der Waals surface area (Å²) in [5.41, 5.74) is 0.106. The number of methoxy groups -OCH3 is 1. The minimum atomic E-state index is -1.14. The van der Waals surface area contributed by atoms with Crippen molar-refractivity contribution in [3.8, 4) is 5.75 Å². The molecule has 0 saturated heterocycles. The molecule has 0 radical (unpaired) electrons. The summed E-state index contributed by atoms with van der Waals surface area (Å²) in [4.78, 5) is 22.1. The molecule has 0 spiro atoms. The van der Waals surface area contributed by atoms with Crippen molar-refractivity contribution < 1.29 is 24.2 Å². The number of carbonyl (C=O) groups excluding carboxylic acids is 1. The molecule has 92 valence electrons. The van der Waals surface area contributed by atoms with Crippen LogP contribution in [-0.4, -0.2) is 30.9 Å². The average molecular weight is 239 g/mol. The van der Waals surface area contributed by atoms with Gasteiger partial charge in [-0.25, -0.2) is 9.59 Å². The van der Waals surface area contributed by atoms with Crippen LogP contribution in [0.25, 0.3) is 0 Å². The Balaban J connectivity index is 3.00. The number of carboxylic acids is 1. The molecule has 0 saturated carbocycles. The third-order valence-corrected chi connectivity index (χ3v) is 1.97. The van der Waals surface area contributed by atoms with Gasteiger partial charge in [0.05, 0.1) is 25.0 Å². The molecular formula is C11H13NO5. The molecule has 0 fully saturated rings. The number of nitrogens with one attached hydrogen (secondary N) is 1. The van der Waals surface area contributed by atoms with Crippen molar-refractivity contribution in [2.45, 2.75) is 6.92 Å². The van der Waals surface area contributed by atoms with Crippen LogP contribution in [0.2, 0.25) is 0 Å². The van der Waals surface area contributed by atoms with Crippen LogP contribution in [-0.2, 0) is 4.74 Å². The summed E-state index contributed by atoms with van der Waals surface area (Å²) in [5, 5.41) is 11.3. The largest absolute Gasteiger partial charge is 0.497 e. The summed E-state index contributed by atoms with van der Waals surface area (Å²) in [6.07, 6.45) is -0.705. The highest BCUT2D eigenvalue weighted by atomic mass is 16.5. The van der Waals surface area contributed by atoms with Gasteiger partial charge in [-0.2, -0.15) is 0 Å². The lowest BCUT2D eigenvalue weighted by Crippen LogP contribution is -2.16. The molecule has 1 aromatic carbocycles. The van der Waals surface area contributed by atoms with E-state index in [1.165, 1.54) is 25.3 Å². The fourth-order valence-corrected chi connectivity index (χ4v) is 1.22. The first-order chi connectivity index (χ1) is 8.08. The zero-order chi connectivity index (χ0) is 12.8. The van der Waals surface area contributed by atoms with E-state index < -0.39 is 12.1 Å². The van der Waals surface area contributed by atoms with E-state index in [-0.39, 0.29) is 17.9 Å². The Hall–Kier alpha value is -2.24. The van der Waals surface area contributed by atoms with Crippen LogP contribution in [0.1, 0.15) is 17.3 Å². The van der Waals surface area contributed by atoms with Gasteiger partial charge < -0.3 is 14.6 Å². The van der Waals surface area contributed by atoms with E-state index in [0.29, 0.717) is 5.75 Å². The van der Waals surface area contributed by atoms with Crippen LogP contribution in [0.4, 0.5) is 10.5 Å². The van der Waals surface area contributed by atoms with Crippen LogP contribution in [0.5, 0.6) is 5.75 Å². The van der Waals surface area contributed by atoms with E-state index in [2.05, 4.69) is 10.1 Å². The molecule has 0 aromatic heterocycles. The van der Waals surface area contributed by atoms with E-state index in [1.807, 2.05) is 0 Å². The molecule has 2 N–H and O–H groups in total. The third-order valence-electron chi connectivity index (χ3n) is 1.97. The van der Waals surface area contributed by atoms with E-state index in [9.17, 15) is 9.59 Å². The Morgan fingerprint density at radius 3 is 2.65 bits per heavy atom. The van der Waals surface area contributed by atoms with Gasteiger partial charge in [-0.05, 0) is 19.1 Å². The molecular weight excluding hydrogens is 226 g/mol. The SMILES string of the molecule is CCOC(=O)Nc1cc(OC)ccc1C(=O)O. The molecule has 1 aromatic rings. The van der Waals surface area contributed by atoms with Crippen LogP contribution >= 0.6 is 0 Å². The highest BCUT2D eigenvalue weighted by Crippen LogP contribution is 2.22. The molecule has 1 rings (SSSR count). The number of ether oxygens (including phenoxy) is 2. The summed E-state index contributed by atoms with van der Waals surface area (Å²) >= 11 is 0. The van der Waals surface area contributed by atoms with Crippen molar-refractivity contribution in [1.82, 2.24) is 0 Å². The molecule has 0 aliphatic rings. The van der Waals surface area contributed by atoms with Gasteiger partial charge in [0.25, 0.3) is 0 Å². The number of aromatic carboxylic acids is 1. The van der Waals surface area contributed by atoms with Gasteiger partial charge in [0.15, 0.2) is 0 Å². The minimum absolute atomic E-state index is 0.0288. The maximum atomic E-state index is 11.2. The molecule has 0 atom stereocenters. The first-order valence-corrected chi connectivity index (χ1v) is 4.93. The molecule has 6 heteroatoms. The van der Waals surface area contributed by atoms with Gasteiger partial charge in [0.1, 0.15) is 5.75 Å². The molecule has 1 amide bonds. The maximum absolute atomic E-state index is 11.2. The number of anilines is 1. The van der Waals surface area contributed by atoms with Crippen molar-refractivity contribution in [2.24, 2.45) is 0 Å². The molecule has 17 heavy (non-hydrogen) atoms. The number of carbonyl (C=O) groups is 2. The first kappa shape index (κ1) is 12.8. The Kier molecular flexibility index (Phi) is 4.33. The lowest BCUT2D eigenvalue weighted by Gasteiger charge is -2.09. The normalized spacial score (nSPS) is 9.53. The van der Waals surface area contributed by atoms with E-state index in [0.717, 1.165) is 0 Å². The van der Waals surface area contributed by atoms with Crippen LogP contribution in [0, 0.1) is 0 Å². The molecule has 0 heterocycles. The number of hydrogen-bond donors (Lipinski definition) is 2. The fourth-order valence-electron chi connectivity index (χ4n) is 1.22. The summed E-state index contributed by atoms with van der Waals surface area (Å²) < 4.78 is 9.62. The predicted molar refractivity (Wildman–Crippen MR) is 60.6 cm³/mol. The Morgan fingerprint density at radius 1 is 1.41 bits per heavy atom. The van der Waals surface area contributed by atoms with Crippen LogP contribution in [0.15, 0.2) is 18.2 Å². The van der Waals surface area contributed by atoms with Gasteiger partial charge in [-0.1, -0.05) is 0 Å². The number of benzene rings is 1. The molecule has 0 unspecified atom stereocenters. The molecule has 6 nitrogen and oxygen atoms in total. The molecule has 0 aliphatic carbocycles. The smallest absolute Gasteiger partial charge is 0.411 e. The quantitative estimate of drug-likeness (QED) is 0.838. The summed E-state index contributed by atoms with van der Waals surface area (Å²) in [7, 11) is 1.45. The number of amides is 1. The third kappa shape index (κ3) is 3.37. The van der Waals surface area contributed by atoms with Gasteiger partial charge in [0.2, 0.25) is 0 Å². The van der Waals surface area contributed by atoms with Crippen LogP contribution in [0.3, 0.4) is 0 Å². The average Bonchev–Trinajstić information content (AvgIpc) is 2.28. The second-order valence-electron chi connectivity index (χ2n) is 3.06. The highest BCUT2D eigenvalue weighted by molar-refractivity contribution is 5.99. The summed E-state index contributed by atoms with van der Waals surface area (Å²) in [5.74, 6) is -0.693. The van der Waals surface area contributed by atoms with E-state index in [4.69, 9.17) is 9.84 Å². The van der Waals surface area contributed by atoms with Crippen molar-refractivity contribution in [3.63, 3.8) is 0 Å². The molecule has 0 bridgehead atoms. The number of carboxylic acid groups (broad SMARTS) is 1. The van der Waals surface area contributed by atoms with Gasteiger partial charge in [-0.15, -0.1) is 0 Å². The van der Waals surface area contributed by atoms with Gasteiger partial charge in [0, 0.05) is 6.07 Å². The zero-order valence-corrected chi connectivity index (χ0v) is 9.52. The first-order valence-electron chi connectivity index (χ1n) is 4.93. The van der Waals surface area contributed by atoms with Crippen molar-refractivity contribution in [3.05, 3.63) is 23.8 Å². The second-order valence-corrected chi connectivity index (χ2v) is 3.06. The second kappa shape index (κ2) is 5.74. The highest BCUT2D eigenvalue weighted by Gasteiger charge is 2.13. The van der Waals surface area contributed by atoms with Crippen molar-refractivity contribution in [2.75, 3.05) is 19.0 Å². The Labute approximate surface area is 98.2 Å². The van der Waals surface area contributed by atoms with E-state index >= 15 is 0 Å². The lowest BCUT2D eigenvalue weighted by molar-refractivity contribution is 0.0698. The predicted octanol–water partition coefficient (Wildman–Crippen LogP) is 1.96. The zero-order valence-electron chi connectivity index (χ0n) is 9.52. The van der Waals surface area contributed by atoms with Gasteiger partial charge in [-0.3, -0.25) is 5.32 Å². The molecule has 0 aliphatic heterocycles.